The Hall–Kier alpha value is -1.17. The van der Waals surface area contributed by atoms with Crippen LogP contribution >= 0.6 is 11.6 Å². The van der Waals surface area contributed by atoms with Gasteiger partial charge in [-0.05, 0) is 6.07 Å². The molecule has 0 bridgehead atoms. The lowest BCUT2D eigenvalue weighted by Gasteiger charge is -2.05. The third-order valence-electron chi connectivity index (χ3n) is 2.09. The average Bonchev–Trinajstić information content (AvgIpc) is 2.32. The summed E-state index contributed by atoms with van der Waals surface area (Å²) >= 11 is 5.75. The number of carbonyl (C=O) groups excluding carboxylic acids is 1. The number of nitrogens with two attached hydrogens (primary N) is 1. The first-order chi connectivity index (χ1) is 8.15. The van der Waals surface area contributed by atoms with Crippen molar-refractivity contribution in [2.75, 3.05) is 32.7 Å². The van der Waals surface area contributed by atoms with Crippen LogP contribution in [0.1, 0.15) is 16.8 Å². The molecule has 1 aromatic heterocycles. The zero-order valence-electron chi connectivity index (χ0n) is 9.61. The third kappa shape index (κ3) is 4.68. The number of ether oxygens (including phenoxy) is 2. The fourth-order valence-corrected chi connectivity index (χ4v) is 1.37. The molecule has 0 fully saturated rings. The number of Topliss-reactive ketones (excluding diaryl/α,β-unsaturated/α-hetero) is 1. The number of pyridine rings is 1. The van der Waals surface area contributed by atoms with E-state index < -0.39 is 0 Å². The van der Waals surface area contributed by atoms with E-state index in [0.29, 0.717) is 30.4 Å². The van der Waals surface area contributed by atoms with E-state index in [0.717, 1.165) is 0 Å². The molecule has 6 heteroatoms. The van der Waals surface area contributed by atoms with E-state index in [9.17, 15) is 4.79 Å². The number of halogens is 1. The minimum atomic E-state index is -0.130. The Morgan fingerprint density at radius 1 is 1.47 bits per heavy atom. The molecule has 1 aromatic rings. The van der Waals surface area contributed by atoms with Crippen molar-refractivity contribution in [1.82, 2.24) is 4.98 Å². The molecule has 0 aliphatic rings. The molecule has 0 aliphatic carbocycles. The lowest BCUT2D eigenvalue weighted by Crippen LogP contribution is -2.10. The SMILES string of the molecule is COCCOCCC(=O)c1cc(Cl)cnc1N. The van der Waals surface area contributed by atoms with Gasteiger partial charge in [0.2, 0.25) is 0 Å². The van der Waals surface area contributed by atoms with E-state index in [1.54, 1.807) is 7.11 Å². The van der Waals surface area contributed by atoms with Gasteiger partial charge in [0.1, 0.15) is 5.82 Å². The van der Waals surface area contributed by atoms with E-state index in [2.05, 4.69) is 4.98 Å². The number of hydrogen-bond donors (Lipinski definition) is 1. The molecule has 0 unspecified atom stereocenters. The van der Waals surface area contributed by atoms with Crippen molar-refractivity contribution in [3.05, 3.63) is 22.8 Å². The number of methoxy groups -OCH3 is 1. The molecule has 1 rings (SSSR count). The first kappa shape index (κ1) is 13.9. The molecule has 0 saturated heterocycles. The van der Waals surface area contributed by atoms with Gasteiger partial charge >= 0.3 is 0 Å². The number of nitrogens with zero attached hydrogens (tertiary/aromatic N) is 1. The molecule has 94 valence electrons. The van der Waals surface area contributed by atoms with Crippen molar-refractivity contribution in [1.29, 1.82) is 0 Å². The van der Waals surface area contributed by atoms with Gasteiger partial charge in [-0.15, -0.1) is 0 Å². The highest BCUT2D eigenvalue weighted by Crippen LogP contribution is 2.16. The maximum Gasteiger partial charge on any atom is 0.168 e. The van der Waals surface area contributed by atoms with Crippen molar-refractivity contribution < 1.29 is 14.3 Å². The van der Waals surface area contributed by atoms with Crippen LogP contribution in [0.4, 0.5) is 5.82 Å². The standard InChI is InChI=1S/C11H15ClN2O3/c1-16-4-5-17-3-2-10(15)9-6-8(12)7-14-11(9)13/h6-7H,2-5H2,1H3,(H2,13,14). The molecule has 17 heavy (non-hydrogen) atoms. The Bertz CT molecular complexity index is 385. The van der Waals surface area contributed by atoms with Gasteiger partial charge in [-0.1, -0.05) is 11.6 Å². The lowest BCUT2D eigenvalue weighted by atomic mass is 10.1. The van der Waals surface area contributed by atoms with Gasteiger partial charge in [-0.25, -0.2) is 4.98 Å². The van der Waals surface area contributed by atoms with Crippen molar-refractivity contribution >= 4 is 23.2 Å². The maximum absolute atomic E-state index is 11.8. The van der Waals surface area contributed by atoms with E-state index in [1.165, 1.54) is 12.3 Å². The van der Waals surface area contributed by atoms with Gasteiger partial charge in [-0.3, -0.25) is 4.79 Å². The van der Waals surface area contributed by atoms with Crippen LogP contribution < -0.4 is 5.73 Å². The molecule has 0 aromatic carbocycles. The Morgan fingerprint density at radius 2 is 2.24 bits per heavy atom. The Labute approximate surface area is 105 Å². The van der Waals surface area contributed by atoms with Crippen LogP contribution in [0, 0.1) is 0 Å². The fraction of sp³-hybridized carbons (Fsp3) is 0.455. The summed E-state index contributed by atoms with van der Waals surface area (Å²) in [5.74, 6) is 0.0613. The van der Waals surface area contributed by atoms with Crippen molar-refractivity contribution in [3.63, 3.8) is 0 Å². The lowest BCUT2D eigenvalue weighted by molar-refractivity contribution is 0.0641. The van der Waals surface area contributed by atoms with Crippen LogP contribution in [0.25, 0.3) is 0 Å². The highest BCUT2D eigenvalue weighted by Gasteiger charge is 2.11. The van der Waals surface area contributed by atoms with Crippen LogP contribution in [0.15, 0.2) is 12.3 Å². The van der Waals surface area contributed by atoms with Crippen LogP contribution in [0.5, 0.6) is 0 Å². The predicted molar refractivity (Wildman–Crippen MR) is 65.3 cm³/mol. The van der Waals surface area contributed by atoms with Crippen molar-refractivity contribution in [2.45, 2.75) is 6.42 Å². The second-order valence-electron chi connectivity index (χ2n) is 3.36. The summed E-state index contributed by atoms with van der Waals surface area (Å²) < 4.78 is 10.0. The molecule has 0 spiro atoms. The van der Waals surface area contributed by atoms with Gasteiger partial charge in [0, 0.05) is 19.7 Å². The fourth-order valence-electron chi connectivity index (χ4n) is 1.22. The van der Waals surface area contributed by atoms with Gasteiger partial charge < -0.3 is 15.2 Å². The summed E-state index contributed by atoms with van der Waals surface area (Å²) in [5.41, 5.74) is 5.93. The second kappa shape index (κ2) is 7.21. The smallest absolute Gasteiger partial charge is 0.168 e. The topological polar surface area (TPSA) is 74.4 Å². The van der Waals surface area contributed by atoms with Gasteiger partial charge in [0.05, 0.1) is 30.4 Å². The van der Waals surface area contributed by atoms with E-state index in [-0.39, 0.29) is 18.0 Å². The Kier molecular flexibility index (Phi) is 5.90. The number of aromatic nitrogens is 1. The zero-order chi connectivity index (χ0) is 12.7. The van der Waals surface area contributed by atoms with E-state index >= 15 is 0 Å². The summed E-state index contributed by atoms with van der Waals surface area (Å²) in [5, 5.41) is 0.392. The summed E-state index contributed by atoms with van der Waals surface area (Å²) in [7, 11) is 1.59. The number of anilines is 1. The largest absolute Gasteiger partial charge is 0.383 e. The normalized spacial score (nSPS) is 10.5. The minimum absolute atomic E-state index is 0.130. The third-order valence-corrected chi connectivity index (χ3v) is 2.30. The molecule has 1 heterocycles. The monoisotopic (exact) mass is 258 g/mol. The van der Waals surface area contributed by atoms with Gasteiger partial charge in [0.15, 0.2) is 5.78 Å². The van der Waals surface area contributed by atoms with Crippen LogP contribution in [-0.2, 0) is 9.47 Å². The number of ketones is 1. The van der Waals surface area contributed by atoms with Crippen LogP contribution in [0.2, 0.25) is 5.02 Å². The zero-order valence-corrected chi connectivity index (χ0v) is 10.4. The first-order valence-corrected chi connectivity index (χ1v) is 5.54. The Balaban J connectivity index is 2.44. The summed E-state index contributed by atoms with van der Waals surface area (Å²) in [6.07, 6.45) is 1.65. The first-order valence-electron chi connectivity index (χ1n) is 5.16. The molecule has 2 N–H and O–H groups in total. The second-order valence-corrected chi connectivity index (χ2v) is 3.80. The van der Waals surface area contributed by atoms with E-state index in [4.69, 9.17) is 26.8 Å². The molecular weight excluding hydrogens is 244 g/mol. The van der Waals surface area contributed by atoms with Crippen LogP contribution in [0.3, 0.4) is 0 Å². The molecule has 0 atom stereocenters. The Morgan fingerprint density at radius 3 is 2.94 bits per heavy atom. The molecule has 5 nitrogen and oxygen atoms in total. The highest BCUT2D eigenvalue weighted by atomic mass is 35.5. The molecule has 0 aliphatic heterocycles. The number of carbonyl (C=O) groups is 1. The van der Waals surface area contributed by atoms with Gasteiger partial charge in [-0.2, -0.15) is 0 Å². The quantitative estimate of drug-likeness (QED) is 0.593. The minimum Gasteiger partial charge on any atom is -0.383 e. The number of rotatable bonds is 7. The van der Waals surface area contributed by atoms with Crippen molar-refractivity contribution in [3.8, 4) is 0 Å². The van der Waals surface area contributed by atoms with Gasteiger partial charge in [0.25, 0.3) is 0 Å². The van der Waals surface area contributed by atoms with Crippen LogP contribution in [-0.4, -0.2) is 37.7 Å². The number of hydrogen-bond acceptors (Lipinski definition) is 5. The molecule has 0 radical (unpaired) electrons. The number of nitrogen functional groups attached to an aromatic ring is 1. The molecule has 0 saturated carbocycles. The van der Waals surface area contributed by atoms with Crippen molar-refractivity contribution in [2.24, 2.45) is 0 Å². The summed E-state index contributed by atoms with van der Waals surface area (Å²) in [6.45, 7) is 1.30. The summed E-state index contributed by atoms with van der Waals surface area (Å²) in [4.78, 5) is 15.6. The predicted octanol–water partition coefficient (Wildman–Crippen LogP) is 1.55. The summed E-state index contributed by atoms with van der Waals surface area (Å²) in [6, 6.07) is 1.52. The highest BCUT2D eigenvalue weighted by molar-refractivity contribution is 6.31. The maximum atomic E-state index is 11.8. The molecule has 0 amide bonds. The molecular formula is C11H15ClN2O3. The van der Waals surface area contributed by atoms with E-state index in [1.807, 2.05) is 0 Å². The average molecular weight is 259 g/mol.